The molecule has 0 saturated carbocycles. The first kappa shape index (κ1) is 17.4. The zero-order valence-corrected chi connectivity index (χ0v) is 14.2. The average molecular weight is 328 g/mol. The molecule has 0 heterocycles. The van der Waals surface area contributed by atoms with Crippen LogP contribution in [0.3, 0.4) is 0 Å². The molecule has 0 bridgehead atoms. The number of methoxy groups -OCH3 is 4. The van der Waals surface area contributed by atoms with Gasteiger partial charge in [0, 0.05) is 23.3 Å². The van der Waals surface area contributed by atoms with Crippen LogP contribution in [0.15, 0.2) is 42.5 Å². The van der Waals surface area contributed by atoms with Gasteiger partial charge in [-0.1, -0.05) is 0 Å². The molecule has 0 saturated heterocycles. The molecule has 0 aliphatic rings. The van der Waals surface area contributed by atoms with Gasteiger partial charge in [-0.3, -0.25) is 4.79 Å². The molecule has 0 spiro atoms. The molecule has 5 nitrogen and oxygen atoms in total. The highest BCUT2D eigenvalue weighted by Crippen LogP contribution is 2.38. The van der Waals surface area contributed by atoms with E-state index in [-0.39, 0.29) is 0 Å². The van der Waals surface area contributed by atoms with Crippen molar-refractivity contribution in [2.45, 2.75) is 0 Å². The molecule has 2 rings (SSSR count). The standard InChI is InChI=1S/C19H20O5/c1-21-13-5-7-16(18(11-13)23-3)15(9-10-20)17-8-6-14(22-2)12-19(17)24-4/h5-12H,1-4H3. The van der Waals surface area contributed by atoms with E-state index in [1.54, 1.807) is 40.6 Å². The molecule has 0 unspecified atom stereocenters. The third kappa shape index (κ3) is 3.51. The Bertz CT molecular complexity index is 692. The zero-order chi connectivity index (χ0) is 17.5. The molecule has 2 aromatic rings. The summed E-state index contributed by atoms with van der Waals surface area (Å²) in [5, 5.41) is 0. The summed E-state index contributed by atoms with van der Waals surface area (Å²) in [6, 6.07) is 10.8. The highest BCUT2D eigenvalue weighted by molar-refractivity contribution is 5.93. The molecule has 0 amide bonds. The van der Waals surface area contributed by atoms with Crippen molar-refractivity contribution in [1.29, 1.82) is 0 Å². The SMILES string of the molecule is COc1ccc(C(=CC=O)c2ccc(OC)cc2OC)c(OC)c1. The Morgan fingerprint density at radius 2 is 1.21 bits per heavy atom. The minimum absolute atomic E-state index is 0.598. The number of allylic oxidation sites excluding steroid dienone is 1. The van der Waals surface area contributed by atoms with Crippen molar-refractivity contribution in [1.82, 2.24) is 0 Å². The minimum atomic E-state index is 0.598. The molecule has 0 aliphatic carbocycles. The molecule has 0 fully saturated rings. The van der Waals surface area contributed by atoms with Crippen LogP contribution in [0.1, 0.15) is 11.1 Å². The van der Waals surface area contributed by atoms with E-state index in [0.29, 0.717) is 28.6 Å². The molecule has 0 aliphatic heterocycles. The molecule has 2 aromatic carbocycles. The fraction of sp³-hybridized carbons (Fsp3) is 0.211. The lowest BCUT2D eigenvalue weighted by Gasteiger charge is -2.16. The molecule has 0 radical (unpaired) electrons. The van der Waals surface area contributed by atoms with E-state index >= 15 is 0 Å². The summed E-state index contributed by atoms with van der Waals surface area (Å²) in [5.74, 6) is 2.53. The molecular weight excluding hydrogens is 308 g/mol. The van der Waals surface area contributed by atoms with E-state index < -0.39 is 0 Å². The Kier molecular flexibility index (Phi) is 5.84. The summed E-state index contributed by atoms with van der Waals surface area (Å²) in [6.45, 7) is 0. The zero-order valence-electron chi connectivity index (χ0n) is 14.2. The highest BCUT2D eigenvalue weighted by atomic mass is 16.5. The van der Waals surface area contributed by atoms with Gasteiger partial charge >= 0.3 is 0 Å². The summed E-state index contributed by atoms with van der Waals surface area (Å²) >= 11 is 0. The summed E-state index contributed by atoms with van der Waals surface area (Å²) < 4.78 is 21.3. The van der Waals surface area contributed by atoms with Gasteiger partial charge in [-0.05, 0) is 35.9 Å². The first-order chi connectivity index (χ1) is 11.7. The van der Waals surface area contributed by atoms with Gasteiger partial charge in [0.15, 0.2) is 0 Å². The fourth-order valence-corrected chi connectivity index (χ4v) is 2.43. The Balaban J connectivity index is 2.64. The second kappa shape index (κ2) is 8.06. The van der Waals surface area contributed by atoms with Crippen molar-refractivity contribution >= 4 is 11.9 Å². The lowest BCUT2D eigenvalue weighted by molar-refractivity contribution is -0.104. The lowest BCUT2D eigenvalue weighted by Crippen LogP contribution is -1.98. The number of carbonyl (C=O) groups excluding carboxylic acids is 1. The Morgan fingerprint density at radius 3 is 1.54 bits per heavy atom. The number of hydrogen-bond donors (Lipinski definition) is 0. The van der Waals surface area contributed by atoms with Crippen LogP contribution in [0.2, 0.25) is 0 Å². The minimum Gasteiger partial charge on any atom is -0.497 e. The normalized spacial score (nSPS) is 9.83. The number of hydrogen-bond acceptors (Lipinski definition) is 5. The van der Waals surface area contributed by atoms with Gasteiger partial charge in [0.2, 0.25) is 0 Å². The first-order valence-electron chi connectivity index (χ1n) is 7.28. The van der Waals surface area contributed by atoms with Crippen LogP contribution in [-0.2, 0) is 4.79 Å². The lowest BCUT2D eigenvalue weighted by atomic mass is 9.95. The molecule has 126 valence electrons. The molecule has 5 heteroatoms. The van der Waals surface area contributed by atoms with Crippen molar-refractivity contribution < 1.29 is 23.7 Å². The summed E-state index contributed by atoms with van der Waals surface area (Å²) in [5.41, 5.74) is 2.20. The van der Waals surface area contributed by atoms with Gasteiger partial charge in [-0.2, -0.15) is 0 Å². The third-order valence-electron chi connectivity index (χ3n) is 3.63. The van der Waals surface area contributed by atoms with Crippen LogP contribution in [0, 0.1) is 0 Å². The van der Waals surface area contributed by atoms with E-state index in [1.807, 2.05) is 24.3 Å². The third-order valence-corrected chi connectivity index (χ3v) is 3.63. The van der Waals surface area contributed by atoms with E-state index in [2.05, 4.69) is 0 Å². The number of carbonyl (C=O) groups is 1. The van der Waals surface area contributed by atoms with Gasteiger partial charge in [-0.15, -0.1) is 0 Å². The summed E-state index contributed by atoms with van der Waals surface area (Å²) in [6.07, 6.45) is 2.22. The summed E-state index contributed by atoms with van der Waals surface area (Å²) in [7, 11) is 6.32. The molecular formula is C19H20O5. The average Bonchev–Trinajstić information content (AvgIpc) is 2.65. The van der Waals surface area contributed by atoms with Crippen LogP contribution in [0.5, 0.6) is 23.0 Å². The van der Waals surface area contributed by atoms with E-state index in [1.165, 1.54) is 6.08 Å². The number of ether oxygens (including phenoxy) is 4. The second-order valence-corrected chi connectivity index (χ2v) is 4.85. The van der Waals surface area contributed by atoms with Gasteiger partial charge < -0.3 is 18.9 Å². The van der Waals surface area contributed by atoms with Gasteiger partial charge in [0.1, 0.15) is 29.3 Å². The van der Waals surface area contributed by atoms with Crippen molar-refractivity contribution in [3.05, 3.63) is 53.6 Å². The fourth-order valence-electron chi connectivity index (χ4n) is 2.43. The molecule has 0 N–H and O–H groups in total. The van der Waals surface area contributed by atoms with Crippen molar-refractivity contribution in [3.63, 3.8) is 0 Å². The topological polar surface area (TPSA) is 54.0 Å². The van der Waals surface area contributed by atoms with E-state index in [4.69, 9.17) is 18.9 Å². The van der Waals surface area contributed by atoms with Crippen LogP contribution in [0.4, 0.5) is 0 Å². The number of benzene rings is 2. The maximum Gasteiger partial charge on any atom is 0.143 e. The predicted octanol–water partition coefficient (Wildman–Crippen LogP) is 3.35. The van der Waals surface area contributed by atoms with Crippen molar-refractivity contribution in [2.24, 2.45) is 0 Å². The van der Waals surface area contributed by atoms with Crippen LogP contribution >= 0.6 is 0 Å². The Morgan fingerprint density at radius 1 is 0.750 bits per heavy atom. The predicted molar refractivity (Wildman–Crippen MR) is 92.2 cm³/mol. The van der Waals surface area contributed by atoms with E-state index in [9.17, 15) is 4.79 Å². The quantitative estimate of drug-likeness (QED) is 0.576. The van der Waals surface area contributed by atoms with Crippen LogP contribution < -0.4 is 18.9 Å². The smallest absolute Gasteiger partial charge is 0.143 e. The maximum absolute atomic E-state index is 11.2. The maximum atomic E-state index is 11.2. The molecule has 0 atom stereocenters. The Labute approximate surface area is 141 Å². The van der Waals surface area contributed by atoms with Crippen LogP contribution in [-0.4, -0.2) is 34.7 Å². The van der Waals surface area contributed by atoms with Gasteiger partial charge in [0.05, 0.1) is 28.4 Å². The van der Waals surface area contributed by atoms with Crippen molar-refractivity contribution in [3.8, 4) is 23.0 Å². The van der Waals surface area contributed by atoms with E-state index in [0.717, 1.165) is 17.4 Å². The van der Waals surface area contributed by atoms with Gasteiger partial charge in [-0.25, -0.2) is 0 Å². The molecule has 24 heavy (non-hydrogen) atoms. The second-order valence-electron chi connectivity index (χ2n) is 4.85. The number of aldehydes is 1. The largest absolute Gasteiger partial charge is 0.497 e. The first-order valence-corrected chi connectivity index (χ1v) is 7.28. The van der Waals surface area contributed by atoms with Crippen LogP contribution in [0.25, 0.3) is 5.57 Å². The Hall–Kier alpha value is -2.95. The monoisotopic (exact) mass is 328 g/mol. The highest BCUT2D eigenvalue weighted by Gasteiger charge is 2.16. The molecule has 0 aromatic heterocycles. The number of rotatable bonds is 7. The van der Waals surface area contributed by atoms with Gasteiger partial charge in [0.25, 0.3) is 0 Å². The summed E-state index contributed by atoms with van der Waals surface area (Å²) in [4.78, 5) is 11.2. The van der Waals surface area contributed by atoms with Crippen molar-refractivity contribution in [2.75, 3.05) is 28.4 Å².